The third kappa shape index (κ3) is 2.37. The number of anilines is 1. The number of hydrogen-bond acceptors (Lipinski definition) is 2. The zero-order valence-electron chi connectivity index (χ0n) is 8.75. The van der Waals surface area contributed by atoms with E-state index in [-0.39, 0.29) is 11.8 Å². The Morgan fingerprint density at radius 3 is 2.50 bits per heavy atom. The average Bonchev–Trinajstić information content (AvgIpc) is 2.12. The van der Waals surface area contributed by atoms with Gasteiger partial charge in [0.05, 0.1) is 6.10 Å². The van der Waals surface area contributed by atoms with Gasteiger partial charge >= 0.3 is 0 Å². The molecule has 0 aliphatic rings. The second-order valence-electron chi connectivity index (χ2n) is 3.72. The van der Waals surface area contributed by atoms with Crippen molar-refractivity contribution in [1.29, 1.82) is 0 Å². The minimum absolute atomic E-state index is 0.0269. The van der Waals surface area contributed by atoms with Gasteiger partial charge in [0, 0.05) is 0 Å². The average molecular weight is 197 g/mol. The second kappa shape index (κ2) is 4.31. The van der Waals surface area contributed by atoms with Gasteiger partial charge in [0.25, 0.3) is 0 Å². The highest BCUT2D eigenvalue weighted by Crippen LogP contribution is 2.25. The maximum atomic E-state index is 13.0. The van der Waals surface area contributed by atoms with Crippen LogP contribution in [0.5, 0.6) is 5.75 Å². The van der Waals surface area contributed by atoms with Gasteiger partial charge in [-0.05, 0) is 25.0 Å². The minimum atomic E-state index is -0.432. The molecular formula is C11H16FNO. The molecule has 0 fully saturated rings. The SMILES string of the molecule is CC(C)C(C)Oc1cccc(F)c1N. The van der Waals surface area contributed by atoms with Crippen LogP contribution in [0.1, 0.15) is 20.8 Å². The van der Waals surface area contributed by atoms with Crippen LogP contribution in [-0.4, -0.2) is 6.10 Å². The maximum absolute atomic E-state index is 13.0. The summed E-state index contributed by atoms with van der Waals surface area (Å²) in [5.74, 6) is 0.363. The number of rotatable bonds is 3. The Kier molecular flexibility index (Phi) is 3.33. The number of halogens is 1. The van der Waals surface area contributed by atoms with Crippen molar-refractivity contribution in [1.82, 2.24) is 0 Å². The summed E-state index contributed by atoms with van der Waals surface area (Å²) in [6.07, 6.45) is 0.0269. The molecule has 0 amide bonds. The van der Waals surface area contributed by atoms with Crippen LogP contribution < -0.4 is 10.5 Å². The van der Waals surface area contributed by atoms with Crippen molar-refractivity contribution < 1.29 is 9.13 Å². The molecule has 1 atom stereocenters. The predicted octanol–water partition coefficient (Wildman–Crippen LogP) is 2.83. The second-order valence-corrected chi connectivity index (χ2v) is 3.72. The van der Waals surface area contributed by atoms with Crippen LogP contribution in [-0.2, 0) is 0 Å². The number of benzene rings is 1. The fourth-order valence-corrected chi connectivity index (χ4v) is 0.956. The first-order valence-corrected chi connectivity index (χ1v) is 4.73. The highest BCUT2D eigenvalue weighted by atomic mass is 19.1. The summed E-state index contributed by atoms with van der Waals surface area (Å²) < 4.78 is 18.5. The van der Waals surface area contributed by atoms with E-state index in [0.29, 0.717) is 11.7 Å². The van der Waals surface area contributed by atoms with Gasteiger partial charge in [0.1, 0.15) is 17.3 Å². The molecule has 2 N–H and O–H groups in total. The molecule has 78 valence electrons. The normalized spacial score (nSPS) is 12.9. The molecule has 14 heavy (non-hydrogen) atoms. The van der Waals surface area contributed by atoms with Crippen LogP contribution >= 0.6 is 0 Å². The van der Waals surface area contributed by atoms with Gasteiger partial charge < -0.3 is 10.5 Å². The summed E-state index contributed by atoms with van der Waals surface area (Å²) in [7, 11) is 0. The van der Waals surface area contributed by atoms with E-state index < -0.39 is 5.82 Å². The molecule has 0 spiro atoms. The molecular weight excluding hydrogens is 181 g/mol. The highest BCUT2D eigenvalue weighted by molar-refractivity contribution is 5.53. The van der Waals surface area contributed by atoms with Gasteiger partial charge in [0.2, 0.25) is 0 Å². The van der Waals surface area contributed by atoms with E-state index in [4.69, 9.17) is 10.5 Å². The molecule has 0 bridgehead atoms. The number of nitrogens with two attached hydrogens (primary N) is 1. The lowest BCUT2D eigenvalue weighted by Gasteiger charge is -2.19. The molecule has 3 heteroatoms. The zero-order valence-corrected chi connectivity index (χ0v) is 8.75. The topological polar surface area (TPSA) is 35.2 Å². The van der Waals surface area contributed by atoms with Gasteiger partial charge in [-0.15, -0.1) is 0 Å². The van der Waals surface area contributed by atoms with Gasteiger partial charge in [0.15, 0.2) is 0 Å². The van der Waals surface area contributed by atoms with Crippen molar-refractivity contribution in [3.8, 4) is 5.75 Å². The highest BCUT2D eigenvalue weighted by Gasteiger charge is 2.12. The molecule has 2 nitrogen and oxygen atoms in total. The standard InChI is InChI=1S/C11H16FNO/c1-7(2)8(3)14-10-6-4-5-9(12)11(10)13/h4-8H,13H2,1-3H3. The summed E-state index contributed by atoms with van der Waals surface area (Å²) in [6, 6.07) is 4.59. The molecule has 1 aromatic carbocycles. The van der Waals surface area contributed by atoms with E-state index >= 15 is 0 Å². The Bertz CT molecular complexity index is 312. The Balaban J connectivity index is 2.82. The third-order valence-electron chi connectivity index (χ3n) is 2.26. The lowest BCUT2D eigenvalue weighted by atomic mass is 10.1. The molecule has 1 aromatic rings. The molecule has 0 heterocycles. The lowest BCUT2D eigenvalue weighted by molar-refractivity contribution is 0.171. The fourth-order valence-electron chi connectivity index (χ4n) is 0.956. The zero-order chi connectivity index (χ0) is 10.7. The predicted molar refractivity (Wildman–Crippen MR) is 55.7 cm³/mol. The van der Waals surface area contributed by atoms with Gasteiger partial charge in [-0.2, -0.15) is 0 Å². The number of nitrogen functional groups attached to an aromatic ring is 1. The van der Waals surface area contributed by atoms with Crippen molar-refractivity contribution in [2.45, 2.75) is 26.9 Å². The van der Waals surface area contributed by atoms with Crippen molar-refractivity contribution in [2.24, 2.45) is 5.92 Å². The van der Waals surface area contributed by atoms with Crippen molar-refractivity contribution in [2.75, 3.05) is 5.73 Å². The smallest absolute Gasteiger partial charge is 0.149 e. The Morgan fingerprint density at radius 2 is 1.93 bits per heavy atom. The molecule has 0 aliphatic heterocycles. The first-order chi connectivity index (χ1) is 6.52. The van der Waals surface area contributed by atoms with E-state index in [1.165, 1.54) is 6.07 Å². The summed E-state index contributed by atoms with van der Waals surface area (Å²) in [6.45, 7) is 6.02. The summed E-state index contributed by atoms with van der Waals surface area (Å²) >= 11 is 0. The van der Waals surface area contributed by atoms with Gasteiger partial charge in [-0.3, -0.25) is 0 Å². The monoisotopic (exact) mass is 197 g/mol. The number of ether oxygens (including phenoxy) is 1. The van der Waals surface area contributed by atoms with Crippen LogP contribution in [0, 0.1) is 11.7 Å². The van der Waals surface area contributed by atoms with E-state index in [2.05, 4.69) is 0 Å². The Hall–Kier alpha value is -1.25. The molecule has 0 saturated carbocycles. The van der Waals surface area contributed by atoms with Crippen LogP contribution in [0.15, 0.2) is 18.2 Å². The largest absolute Gasteiger partial charge is 0.488 e. The molecule has 0 aromatic heterocycles. The van der Waals surface area contributed by atoms with E-state index in [1.54, 1.807) is 12.1 Å². The van der Waals surface area contributed by atoms with E-state index in [1.807, 2.05) is 20.8 Å². The van der Waals surface area contributed by atoms with Gasteiger partial charge in [-0.1, -0.05) is 19.9 Å². The third-order valence-corrected chi connectivity index (χ3v) is 2.26. The maximum Gasteiger partial charge on any atom is 0.149 e. The summed E-state index contributed by atoms with van der Waals surface area (Å²) in [5, 5.41) is 0. The molecule has 1 rings (SSSR count). The number of para-hydroxylation sites is 1. The van der Waals surface area contributed by atoms with E-state index in [9.17, 15) is 4.39 Å². The summed E-state index contributed by atoms with van der Waals surface area (Å²) in [4.78, 5) is 0. The van der Waals surface area contributed by atoms with Crippen LogP contribution in [0.25, 0.3) is 0 Å². The van der Waals surface area contributed by atoms with Crippen LogP contribution in [0.4, 0.5) is 10.1 Å². The Morgan fingerprint density at radius 1 is 1.29 bits per heavy atom. The first-order valence-electron chi connectivity index (χ1n) is 4.73. The molecule has 0 saturated heterocycles. The first kappa shape index (κ1) is 10.8. The quantitative estimate of drug-likeness (QED) is 0.756. The van der Waals surface area contributed by atoms with Crippen molar-refractivity contribution in [3.05, 3.63) is 24.0 Å². The molecule has 0 radical (unpaired) electrons. The van der Waals surface area contributed by atoms with Gasteiger partial charge in [-0.25, -0.2) is 4.39 Å². The number of hydrogen-bond donors (Lipinski definition) is 1. The summed E-state index contributed by atoms with van der Waals surface area (Å²) in [5.41, 5.74) is 5.61. The Labute approximate surface area is 83.9 Å². The van der Waals surface area contributed by atoms with E-state index in [0.717, 1.165) is 0 Å². The van der Waals surface area contributed by atoms with Crippen LogP contribution in [0.2, 0.25) is 0 Å². The molecule has 1 unspecified atom stereocenters. The molecule has 0 aliphatic carbocycles. The lowest BCUT2D eigenvalue weighted by Crippen LogP contribution is -2.19. The van der Waals surface area contributed by atoms with Crippen LogP contribution in [0.3, 0.4) is 0 Å². The van der Waals surface area contributed by atoms with Crippen molar-refractivity contribution >= 4 is 5.69 Å². The fraction of sp³-hybridized carbons (Fsp3) is 0.455. The van der Waals surface area contributed by atoms with Crippen molar-refractivity contribution in [3.63, 3.8) is 0 Å². The minimum Gasteiger partial charge on any atom is -0.488 e.